The van der Waals surface area contributed by atoms with Crippen molar-refractivity contribution in [2.24, 2.45) is 0 Å². The molecule has 3 nitrogen and oxygen atoms in total. The third kappa shape index (κ3) is 2.35. The molecule has 1 heterocycles. The molecule has 0 radical (unpaired) electrons. The highest BCUT2D eigenvalue weighted by Gasteiger charge is 2.01. The molecular formula is C8H15N3. The van der Waals surface area contributed by atoms with Crippen LogP contribution >= 0.6 is 0 Å². The van der Waals surface area contributed by atoms with E-state index >= 15 is 0 Å². The second-order valence-corrected chi connectivity index (χ2v) is 2.73. The summed E-state index contributed by atoms with van der Waals surface area (Å²) in [5.41, 5.74) is 0. The smallest absolute Gasteiger partial charge is 0.0503 e. The van der Waals surface area contributed by atoms with Crippen LogP contribution in [0.4, 0.5) is 0 Å². The number of aromatic nitrogens is 2. The van der Waals surface area contributed by atoms with Crippen molar-refractivity contribution in [1.29, 1.82) is 0 Å². The van der Waals surface area contributed by atoms with Gasteiger partial charge in [0.1, 0.15) is 0 Å². The first-order valence-corrected chi connectivity index (χ1v) is 3.98. The Morgan fingerprint density at radius 1 is 1.64 bits per heavy atom. The van der Waals surface area contributed by atoms with Gasteiger partial charge in [-0.05, 0) is 33.0 Å². The normalized spacial score (nSPS) is 13.3. The number of rotatable bonds is 4. The Bertz CT molecular complexity index is 181. The fourth-order valence-electron chi connectivity index (χ4n) is 1.03. The second kappa shape index (κ2) is 4.13. The molecule has 1 atom stereocenters. The van der Waals surface area contributed by atoms with E-state index in [9.17, 15) is 0 Å². The number of hydrogen-bond donors (Lipinski definition) is 1. The first-order chi connectivity index (χ1) is 5.34. The lowest BCUT2D eigenvalue weighted by Crippen LogP contribution is -2.14. The summed E-state index contributed by atoms with van der Waals surface area (Å²) in [7, 11) is 1.97. The average Bonchev–Trinajstić information content (AvgIpc) is 2.52. The SMILES string of the molecule is CNCCC(C)n1cccn1. The van der Waals surface area contributed by atoms with Crippen LogP contribution < -0.4 is 5.32 Å². The van der Waals surface area contributed by atoms with Crippen molar-refractivity contribution in [3.8, 4) is 0 Å². The zero-order chi connectivity index (χ0) is 8.10. The van der Waals surface area contributed by atoms with Crippen molar-refractivity contribution in [2.45, 2.75) is 19.4 Å². The molecule has 3 heteroatoms. The van der Waals surface area contributed by atoms with Crippen LogP contribution in [0.1, 0.15) is 19.4 Å². The third-order valence-corrected chi connectivity index (χ3v) is 1.79. The van der Waals surface area contributed by atoms with E-state index in [1.165, 1.54) is 0 Å². The Morgan fingerprint density at radius 2 is 2.45 bits per heavy atom. The van der Waals surface area contributed by atoms with Crippen LogP contribution in [-0.2, 0) is 0 Å². The Hall–Kier alpha value is -0.830. The molecule has 0 aliphatic heterocycles. The molecule has 0 saturated heterocycles. The van der Waals surface area contributed by atoms with Crippen molar-refractivity contribution >= 4 is 0 Å². The van der Waals surface area contributed by atoms with E-state index in [0.29, 0.717) is 6.04 Å². The maximum absolute atomic E-state index is 4.16. The summed E-state index contributed by atoms with van der Waals surface area (Å²) in [4.78, 5) is 0. The van der Waals surface area contributed by atoms with Crippen LogP contribution in [0, 0.1) is 0 Å². The first kappa shape index (κ1) is 8.27. The summed E-state index contributed by atoms with van der Waals surface area (Å²) in [6.45, 7) is 3.21. The van der Waals surface area contributed by atoms with Crippen molar-refractivity contribution in [3.63, 3.8) is 0 Å². The van der Waals surface area contributed by atoms with Gasteiger partial charge in [0.2, 0.25) is 0 Å². The zero-order valence-corrected chi connectivity index (χ0v) is 7.12. The summed E-state index contributed by atoms with van der Waals surface area (Å²) in [6.07, 6.45) is 4.94. The van der Waals surface area contributed by atoms with Gasteiger partial charge >= 0.3 is 0 Å². The van der Waals surface area contributed by atoms with Gasteiger partial charge in [-0.1, -0.05) is 0 Å². The highest BCUT2D eigenvalue weighted by atomic mass is 15.3. The topological polar surface area (TPSA) is 29.9 Å². The van der Waals surface area contributed by atoms with Gasteiger partial charge < -0.3 is 5.32 Å². The lowest BCUT2D eigenvalue weighted by Gasteiger charge is -2.10. The predicted octanol–water partition coefficient (Wildman–Crippen LogP) is 1.05. The van der Waals surface area contributed by atoms with Gasteiger partial charge in [0.25, 0.3) is 0 Å². The van der Waals surface area contributed by atoms with Gasteiger partial charge in [-0.15, -0.1) is 0 Å². The molecule has 0 bridgehead atoms. The van der Waals surface area contributed by atoms with Crippen molar-refractivity contribution in [3.05, 3.63) is 18.5 Å². The van der Waals surface area contributed by atoms with Gasteiger partial charge in [0.15, 0.2) is 0 Å². The van der Waals surface area contributed by atoms with Gasteiger partial charge in [0.05, 0.1) is 6.04 Å². The molecule has 1 aromatic rings. The van der Waals surface area contributed by atoms with E-state index in [2.05, 4.69) is 17.3 Å². The Morgan fingerprint density at radius 3 is 3.00 bits per heavy atom. The molecule has 0 spiro atoms. The van der Waals surface area contributed by atoms with Crippen LogP contribution in [-0.4, -0.2) is 23.4 Å². The maximum Gasteiger partial charge on any atom is 0.0503 e. The molecular weight excluding hydrogens is 138 g/mol. The summed E-state index contributed by atoms with van der Waals surface area (Å²) in [5, 5.41) is 7.28. The molecule has 11 heavy (non-hydrogen) atoms. The molecule has 1 aromatic heterocycles. The average molecular weight is 153 g/mol. The van der Waals surface area contributed by atoms with E-state index in [4.69, 9.17) is 0 Å². The molecule has 0 amide bonds. The van der Waals surface area contributed by atoms with Gasteiger partial charge in [-0.2, -0.15) is 5.10 Å². The standard InChI is InChI=1S/C8H15N3/c1-8(4-6-9-2)11-7-3-5-10-11/h3,5,7-9H,4,6H2,1-2H3. The van der Waals surface area contributed by atoms with Crippen molar-refractivity contribution in [2.75, 3.05) is 13.6 Å². The van der Waals surface area contributed by atoms with Crippen molar-refractivity contribution < 1.29 is 0 Å². The van der Waals surface area contributed by atoms with Gasteiger partial charge in [-0.25, -0.2) is 0 Å². The van der Waals surface area contributed by atoms with E-state index in [1.54, 1.807) is 0 Å². The Balaban J connectivity index is 2.36. The van der Waals surface area contributed by atoms with Crippen LogP contribution in [0.25, 0.3) is 0 Å². The zero-order valence-electron chi connectivity index (χ0n) is 7.12. The van der Waals surface area contributed by atoms with Crippen LogP contribution in [0.15, 0.2) is 18.5 Å². The molecule has 0 aliphatic carbocycles. The maximum atomic E-state index is 4.16. The minimum absolute atomic E-state index is 0.498. The lowest BCUT2D eigenvalue weighted by molar-refractivity contribution is 0.452. The molecule has 1 unspecified atom stereocenters. The molecule has 0 fully saturated rings. The van der Waals surface area contributed by atoms with Gasteiger partial charge in [0, 0.05) is 12.4 Å². The van der Waals surface area contributed by atoms with E-state index in [0.717, 1.165) is 13.0 Å². The molecule has 0 aromatic carbocycles. The molecule has 0 saturated carbocycles. The van der Waals surface area contributed by atoms with E-state index in [-0.39, 0.29) is 0 Å². The highest BCUT2D eigenvalue weighted by Crippen LogP contribution is 2.06. The summed E-state index contributed by atoms with van der Waals surface area (Å²) < 4.78 is 1.98. The summed E-state index contributed by atoms with van der Waals surface area (Å²) >= 11 is 0. The first-order valence-electron chi connectivity index (χ1n) is 3.98. The quantitative estimate of drug-likeness (QED) is 0.700. The predicted molar refractivity (Wildman–Crippen MR) is 45.5 cm³/mol. The van der Waals surface area contributed by atoms with E-state index in [1.807, 2.05) is 30.2 Å². The van der Waals surface area contributed by atoms with Gasteiger partial charge in [-0.3, -0.25) is 4.68 Å². The fourth-order valence-corrected chi connectivity index (χ4v) is 1.03. The largest absolute Gasteiger partial charge is 0.320 e. The van der Waals surface area contributed by atoms with Crippen LogP contribution in [0.2, 0.25) is 0 Å². The number of nitrogens with zero attached hydrogens (tertiary/aromatic N) is 2. The Labute approximate surface area is 67.4 Å². The van der Waals surface area contributed by atoms with Crippen LogP contribution in [0.5, 0.6) is 0 Å². The van der Waals surface area contributed by atoms with E-state index < -0.39 is 0 Å². The third-order valence-electron chi connectivity index (χ3n) is 1.79. The summed E-state index contributed by atoms with van der Waals surface area (Å²) in [6, 6.07) is 2.45. The molecule has 1 rings (SSSR count). The number of nitrogens with one attached hydrogen (secondary N) is 1. The minimum Gasteiger partial charge on any atom is -0.320 e. The van der Waals surface area contributed by atoms with Crippen LogP contribution in [0.3, 0.4) is 0 Å². The monoisotopic (exact) mass is 153 g/mol. The highest BCUT2D eigenvalue weighted by molar-refractivity contribution is 4.80. The summed E-state index contributed by atoms with van der Waals surface area (Å²) in [5.74, 6) is 0. The fraction of sp³-hybridized carbons (Fsp3) is 0.625. The molecule has 62 valence electrons. The second-order valence-electron chi connectivity index (χ2n) is 2.73. The molecule has 0 aliphatic rings. The van der Waals surface area contributed by atoms with Crippen molar-refractivity contribution in [1.82, 2.24) is 15.1 Å². The Kier molecular flexibility index (Phi) is 3.11. The minimum atomic E-state index is 0.498. The number of hydrogen-bond acceptors (Lipinski definition) is 2. The lowest BCUT2D eigenvalue weighted by atomic mass is 10.2. The molecule has 1 N–H and O–H groups in total.